The smallest absolute Gasteiger partial charge is 0.324 e. The highest BCUT2D eigenvalue weighted by Gasteiger charge is 2.36. The molecule has 0 amide bonds. The average molecular weight is 352 g/mol. The maximum absolute atomic E-state index is 13.7. The van der Waals surface area contributed by atoms with E-state index in [-0.39, 0.29) is 12.5 Å². The molecule has 0 fully saturated rings. The molecule has 0 radical (unpaired) electrons. The summed E-state index contributed by atoms with van der Waals surface area (Å²) in [5, 5.41) is 1.14. The van der Waals surface area contributed by atoms with E-state index in [4.69, 9.17) is 4.52 Å². The molecule has 0 spiro atoms. The fraction of sp³-hybridized carbons (Fsp3) is 0.294. The molecule has 0 aromatic heterocycles. The normalized spacial score (nSPS) is 14.3. The molecule has 1 N–H and O–H groups in total. The van der Waals surface area contributed by atoms with Crippen molar-refractivity contribution in [2.24, 2.45) is 0 Å². The molecule has 0 aliphatic heterocycles. The van der Waals surface area contributed by atoms with Crippen molar-refractivity contribution >= 4 is 25.3 Å². The Bertz CT molecular complexity index is 658. The minimum atomic E-state index is -3.94. The molecule has 2 rings (SSSR count). The van der Waals surface area contributed by atoms with Crippen LogP contribution < -0.4 is 10.6 Å². The largest absolute Gasteiger partial charge is 0.336 e. The fourth-order valence-electron chi connectivity index (χ4n) is 2.29. The molecular formula is C17H22O4P2. The van der Waals surface area contributed by atoms with Crippen molar-refractivity contribution in [1.29, 1.82) is 0 Å². The van der Waals surface area contributed by atoms with E-state index in [0.29, 0.717) is 17.0 Å². The molecule has 0 aliphatic rings. The summed E-state index contributed by atoms with van der Waals surface area (Å²) < 4.78 is 31.2. The molecule has 2 aromatic rings. The van der Waals surface area contributed by atoms with E-state index in [9.17, 15) is 14.0 Å². The first-order valence-corrected chi connectivity index (χ1v) is 11.3. The van der Waals surface area contributed by atoms with Crippen molar-refractivity contribution in [3.05, 3.63) is 60.7 Å². The molecule has 0 bridgehead atoms. The molecule has 6 heteroatoms. The lowest BCUT2D eigenvalue weighted by atomic mass is 10.4. The highest BCUT2D eigenvalue weighted by Crippen LogP contribution is 2.58. The van der Waals surface area contributed by atoms with Crippen LogP contribution in [0, 0.1) is 0 Å². The van der Waals surface area contributed by atoms with E-state index in [1.165, 1.54) is 0 Å². The summed E-state index contributed by atoms with van der Waals surface area (Å²) in [5.74, 6) is -0.377. The summed E-state index contributed by atoms with van der Waals surface area (Å²) in [4.78, 5) is 10.2. The van der Waals surface area contributed by atoms with Crippen LogP contribution in [0.1, 0.15) is 19.8 Å². The van der Waals surface area contributed by atoms with Gasteiger partial charge in [0.2, 0.25) is 0 Å². The second-order valence-corrected chi connectivity index (χ2v) is 10.6. The highest BCUT2D eigenvalue weighted by molar-refractivity contribution is 7.86. The standard InChI is InChI=1S/C17H22O4P2/c1-2-3-14-21-23(19,20)15-22(18,16-10-6-4-7-11-16)17-12-8-5-9-13-17/h4-13H,2-3,14-15H2,1H3,(H,19,20). The van der Waals surface area contributed by atoms with E-state index in [2.05, 4.69) is 0 Å². The van der Waals surface area contributed by atoms with E-state index in [1.54, 1.807) is 48.5 Å². The van der Waals surface area contributed by atoms with Crippen LogP contribution in [0.25, 0.3) is 0 Å². The zero-order chi connectivity index (χ0) is 16.8. The summed E-state index contributed by atoms with van der Waals surface area (Å²) in [6.07, 6.45) is 1.57. The van der Waals surface area contributed by atoms with Crippen molar-refractivity contribution < 1.29 is 18.5 Å². The van der Waals surface area contributed by atoms with Gasteiger partial charge in [0.25, 0.3) is 0 Å². The Labute approximate surface area is 137 Å². The van der Waals surface area contributed by atoms with Gasteiger partial charge in [0.1, 0.15) is 5.90 Å². The van der Waals surface area contributed by atoms with Crippen molar-refractivity contribution in [3.8, 4) is 0 Å². The molecule has 1 unspecified atom stereocenters. The molecule has 23 heavy (non-hydrogen) atoms. The molecule has 0 heterocycles. The van der Waals surface area contributed by atoms with Gasteiger partial charge in [0, 0.05) is 10.6 Å². The Balaban J connectivity index is 2.36. The van der Waals surface area contributed by atoms with Crippen molar-refractivity contribution in [3.63, 3.8) is 0 Å². The first-order chi connectivity index (χ1) is 11.0. The molecule has 124 valence electrons. The fourth-order valence-corrected chi connectivity index (χ4v) is 7.96. The highest BCUT2D eigenvalue weighted by atomic mass is 31.2. The van der Waals surface area contributed by atoms with Crippen LogP contribution >= 0.6 is 14.7 Å². The van der Waals surface area contributed by atoms with Crippen molar-refractivity contribution in [1.82, 2.24) is 0 Å². The number of hydrogen-bond acceptors (Lipinski definition) is 3. The van der Waals surface area contributed by atoms with Gasteiger partial charge in [-0.25, -0.2) is 0 Å². The summed E-state index contributed by atoms with van der Waals surface area (Å²) in [7, 11) is -7.17. The lowest BCUT2D eigenvalue weighted by molar-refractivity contribution is 0.258. The van der Waals surface area contributed by atoms with E-state index < -0.39 is 14.7 Å². The van der Waals surface area contributed by atoms with E-state index in [1.807, 2.05) is 19.1 Å². The Hall–Kier alpha value is -1.18. The number of hydrogen-bond donors (Lipinski definition) is 1. The van der Waals surface area contributed by atoms with Gasteiger partial charge < -0.3 is 14.0 Å². The monoisotopic (exact) mass is 352 g/mol. The van der Waals surface area contributed by atoms with Gasteiger partial charge in [0.15, 0.2) is 7.14 Å². The molecule has 4 nitrogen and oxygen atoms in total. The second-order valence-electron chi connectivity index (χ2n) is 5.38. The third-order valence-corrected chi connectivity index (χ3v) is 9.39. The van der Waals surface area contributed by atoms with Crippen LogP contribution in [0.4, 0.5) is 0 Å². The number of benzene rings is 2. The molecule has 0 saturated heterocycles. The van der Waals surface area contributed by atoms with Gasteiger partial charge in [-0.1, -0.05) is 74.0 Å². The van der Waals surface area contributed by atoms with Crippen LogP contribution in [0.15, 0.2) is 60.7 Å². The Morgan fingerprint density at radius 2 is 1.39 bits per heavy atom. The maximum Gasteiger partial charge on any atom is 0.336 e. The van der Waals surface area contributed by atoms with Crippen LogP contribution in [0.3, 0.4) is 0 Å². The Kier molecular flexibility index (Phi) is 6.38. The summed E-state index contributed by atoms with van der Waals surface area (Å²) in [6.45, 7) is 2.18. The molecule has 0 saturated carbocycles. The van der Waals surface area contributed by atoms with Gasteiger partial charge in [-0.05, 0) is 6.42 Å². The van der Waals surface area contributed by atoms with Gasteiger partial charge in [-0.15, -0.1) is 0 Å². The van der Waals surface area contributed by atoms with E-state index >= 15 is 0 Å². The van der Waals surface area contributed by atoms with E-state index in [0.717, 1.165) is 6.42 Å². The van der Waals surface area contributed by atoms with Crippen LogP contribution in [0.2, 0.25) is 0 Å². The lowest BCUT2D eigenvalue weighted by Gasteiger charge is -2.22. The molecular weight excluding hydrogens is 330 g/mol. The zero-order valence-corrected chi connectivity index (χ0v) is 15.0. The van der Waals surface area contributed by atoms with Gasteiger partial charge in [0.05, 0.1) is 6.61 Å². The van der Waals surface area contributed by atoms with Crippen molar-refractivity contribution in [2.75, 3.05) is 12.5 Å². The minimum Gasteiger partial charge on any atom is -0.324 e. The third-order valence-electron chi connectivity index (χ3n) is 3.52. The van der Waals surface area contributed by atoms with Crippen molar-refractivity contribution in [2.45, 2.75) is 19.8 Å². The molecule has 2 aromatic carbocycles. The zero-order valence-electron chi connectivity index (χ0n) is 13.2. The average Bonchev–Trinajstić information content (AvgIpc) is 2.56. The molecule has 0 aliphatic carbocycles. The predicted octanol–water partition coefficient (Wildman–Crippen LogP) is 3.96. The van der Waals surface area contributed by atoms with Gasteiger partial charge in [-0.3, -0.25) is 4.57 Å². The second kappa shape index (κ2) is 8.08. The van der Waals surface area contributed by atoms with Crippen LogP contribution in [0.5, 0.6) is 0 Å². The SMILES string of the molecule is CCCCOP(=O)(O)CP(=O)(c1ccccc1)c1ccccc1. The Morgan fingerprint density at radius 1 is 0.913 bits per heavy atom. The first kappa shape index (κ1) is 18.2. The summed E-state index contributed by atoms with van der Waals surface area (Å²) in [5.41, 5.74) is 0. The van der Waals surface area contributed by atoms with Crippen LogP contribution in [-0.2, 0) is 13.7 Å². The summed E-state index contributed by atoms with van der Waals surface area (Å²) >= 11 is 0. The topological polar surface area (TPSA) is 63.6 Å². The number of rotatable bonds is 8. The quantitative estimate of drug-likeness (QED) is 0.577. The maximum atomic E-state index is 13.7. The Morgan fingerprint density at radius 3 is 1.83 bits per heavy atom. The lowest BCUT2D eigenvalue weighted by Crippen LogP contribution is -2.19. The van der Waals surface area contributed by atoms with Gasteiger partial charge in [-0.2, -0.15) is 0 Å². The van der Waals surface area contributed by atoms with Gasteiger partial charge >= 0.3 is 7.60 Å². The third kappa shape index (κ3) is 4.89. The first-order valence-electron chi connectivity index (χ1n) is 7.64. The minimum absolute atomic E-state index is 0.202. The molecule has 1 atom stereocenters. The predicted molar refractivity (Wildman–Crippen MR) is 95.3 cm³/mol. The number of unbranched alkanes of at least 4 members (excludes halogenated alkanes) is 1. The van der Waals surface area contributed by atoms with Crippen LogP contribution in [-0.4, -0.2) is 17.4 Å². The summed E-state index contributed by atoms with van der Waals surface area (Å²) in [6, 6.07) is 17.7.